The largest absolute Gasteiger partial charge is 0.481 e. The van der Waals surface area contributed by atoms with Gasteiger partial charge in [0.2, 0.25) is 0 Å². The Labute approximate surface area is 162 Å². The number of H-pyrrole nitrogens is 1. The fraction of sp³-hybridized carbons (Fsp3) is 0.350. The number of aliphatic carboxylic acids is 1. The zero-order valence-corrected chi connectivity index (χ0v) is 16.5. The predicted molar refractivity (Wildman–Crippen MR) is 105 cm³/mol. The number of carboxylic acid groups (broad SMARTS) is 1. The summed E-state index contributed by atoms with van der Waals surface area (Å²) in [6.45, 7) is 5.32. The fourth-order valence-corrected chi connectivity index (χ4v) is 3.23. The maximum atomic E-state index is 11.7. The number of aromatic amines is 1. The van der Waals surface area contributed by atoms with E-state index in [-0.39, 0.29) is 6.10 Å². The van der Waals surface area contributed by atoms with Gasteiger partial charge < -0.3 is 14.8 Å². The minimum Gasteiger partial charge on any atom is -0.481 e. The molecule has 0 aliphatic heterocycles. The van der Waals surface area contributed by atoms with Crippen LogP contribution in [0.1, 0.15) is 38.1 Å². The second-order valence-corrected chi connectivity index (χ2v) is 7.58. The smallest absolute Gasteiger partial charge is 0.309 e. The summed E-state index contributed by atoms with van der Waals surface area (Å²) in [6.07, 6.45) is 1.79. The minimum absolute atomic E-state index is 0.218. The summed E-state index contributed by atoms with van der Waals surface area (Å²) >= 11 is 6.11. The van der Waals surface area contributed by atoms with Gasteiger partial charge >= 0.3 is 5.97 Å². The molecule has 0 aliphatic rings. The maximum Gasteiger partial charge on any atom is 0.309 e. The molecule has 0 fully saturated rings. The van der Waals surface area contributed by atoms with Crippen molar-refractivity contribution in [3.05, 3.63) is 46.9 Å². The van der Waals surface area contributed by atoms with Crippen molar-refractivity contribution in [2.75, 3.05) is 7.11 Å². The van der Waals surface area contributed by atoms with Gasteiger partial charge in [0.1, 0.15) is 5.15 Å². The van der Waals surface area contributed by atoms with Crippen LogP contribution in [-0.2, 0) is 16.0 Å². The van der Waals surface area contributed by atoms with Crippen molar-refractivity contribution < 1.29 is 14.6 Å². The standard InChI is InChI=1S/C20H22ClN3O3/c1-11(27-4)16-12(6-5-9-22-16)17-13(10-20(2,3)19(25)26)18-14(23-17)7-8-15(21)24-18/h5-9,11,23H,10H2,1-4H3,(H,25,26). The molecule has 0 spiro atoms. The van der Waals surface area contributed by atoms with Gasteiger partial charge in [0, 0.05) is 24.4 Å². The van der Waals surface area contributed by atoms with Crippen LogP contribution in [0.5, 0.6) is 0 Å². The van der Waals surface area contributed by atoms with Gasteiger partial charge in [-0.3, -0.25) is 9.78 Å². The summed E-state index contributed by atoms with van der Waals surface area (Å²) < 4.78 is 5.46. The lowest BCUT2D eigenvalue weighted by Gasteiger charge is -2.20. The highest BCUT2D eigenvalue weighted by atomic mass is 35.5. The third-order valence-electron chi connectivity index (χ3n) is 4.75. The van der Waals surface area contributed by atoms with E-state index < -0.39 is 11.4 Å². The van der Waals surface area contributed by atoms with Crippen molar-refractivity contribution in [1.82, 2.24) is 15.0 Å². The summed E-state index contributed by atoms with van der Waals surface area (Å²) in [6, 6.07) is 7.35. The third kappa shape index (κ3) is 3.68. The van der Waals surface area contributed by atoms with E-state index in [2.05, 4.69) is 15.0 Å². The molecule has 0 radical (unpaired) electrons. The first kappa shape index (κ1) is 19.3. The Morgan fingerprint density at radius 2 is 2.11 bits per heavy atom. The van der Waals surface area contributed by atoms with Crippen LogP contribution in [0.4, 0.5) is 0 Å². The first-order valence-electron chi connectivity index (χ1n) is 8.63. The average molecular weight is 388 g/mol. The Morgan fingerprint density at radius 3 is 2.78 bits per heavy atom. The summed E-state index contributed by atoms with van der Waals surface area (Å²) in [5, 5.41) is 9.98. The highest BCUT2D eigenvalue weighted by molar-refractivity contribution is 6.29. The number of nitrogens with one attached hydrogen (secondary N) is 1. The van der Waals surface area contributed by atoms with Crippen molar-refractivity contribution >= 4 is 28.6 Å². The number of hydrogen-bond donors (Lipinski definition) is 2. The molecule has 0 amide bonds. The molecule has 0 saturated heterocycles. The van der Waals surface area contributed by atoms with Crippen LogP contribution in [0.25, 0.3) is 22.3 Å². The first-order valence-corrected chi connectivity index (χ1v) is 9.01. The number of rotatable bonds is 6. The van der Waals surface area contributed by atoms with Gasteiger partial charge in [0.25, 0.3) is 0 Å². The molecule has 27 heavy (non-hydrogen) atoms. The average Bonchev–Trinajstić information content (AvgIpc) is 2.98. The summed E-state index contributed by atoms with van der Waals surface area (Å²) in [4.78, 5) is 24.0. The zero-order chi connectivity index (χ0) is 19.8. The molecule has 142 valence electrons. The van der Waals surface area contributed by atoms with Crippen LogP contribution in [0, 0.1) is 5.41 Å². The van der Waals surface area contributed by atoms with Gasteiger partial charge in [0.05, 0.1) is 33.9 Å². The van der Waals surface area contributed by atoms with Gasteiger partial charge in [-0.05, 0) is 51.5 Å². The lowest BCUT2D eigenvalue weighted by atomic mass is 9.84. The van der Waals surface area contributed by atoms with E-state index in [1.807, 2.05) is 25.1 Å². The summed E-state index contributed by atoms with van der Waals surface area (Å²) in [5.41, 5.74) is 3.73. The molecule has 0 aliphatic carbocycles. The summed E-state index contributed by atoms with van der Waals surface area (Å²) in [7, 11) is 1.63. The van der Waals surface area contributed by atoms with E-state index in [1.54, 1.807) is 33.2 Å². The third-order valence-corrected chi connectivity index (χ3v) is 4.96. The number of nitrogens with zero attached hydrogens (tertiary/aromatic N) is 2. The van der Waals surface area contributed by atoms with Crippen molar-refractivity contribution in [3.63, 3.8) is 0 Å². The molecule has 1 unspecified atom stereocenters. The molecular weight excluding hydrogens is 366 g/mol. The summed E-state index contributed by atoms with van der Waals surface area (Å²) in [5.74, 6) is -0.874. The molecule has 7 heteroatoms. The number of fused-ring (bicyclic) bond motifs is 1. The number of aromatic nitrogens is 3. The molecule has 0 saturated carbocycles. The normalized spacial score (nSPS) is 13.1. The molecule has 3 rings (SSSR count). The Hall–Kier alpha value is -2.44. The topological polar surface area (TPSA) is 88.1 Å². The second kappa shape index (κ2) is 7.29. The van der Waals surface area contributed by atoms with E-state index in [1.165, 1.54) is 0 Å². The number of carbonyl (C=O) groups is 1. The minimum atomic E-state index is -0.969. The van der Waals surface area contributed by atoms with Crippen LogP contribution >= 0.6 is 11.6 Å². The van der Waals surface area contributed by atoms with Crippen LogP contribution < -0.4 is 0 Å². The maximum absolute atomic E-state index is 11.7. The second-order valence-electron chi connectivity index (χ2n) is 7.19. The predicted octanol–water partition coefficient (Wildman–Crippen LogP) is 4.64. The van der Waals surface area contributed by atoms with E-state index in [9.17, 15) is 9.90 Å². The highest BCUT2D eigenvalue weighted by Crippen LogP contribution is 2.37. The number of ether oxygens (including phenoxy) is 1. The van der Waals surface area contributed by atoms with Crippen molar-refractivity contribution in [2.45, 2.75) is 33.3 Å². The van der Waals surface area contributed by atoms with E-state index in [0.29, 0.717) is 17.1 Å². The number of methoxy groups -OCH3 is 1. The number of pyridine rings is 2. The van der Waals surface area contributed by atoms with Gasteiger partial charge in [-0.15, -0.1) is 0 Å². The van der Waals surface area contributed by atoms with Crippen molar-refractivity contribution in [2.24, 2.45) is 5.41 Å². The quantitative estimate of drug-likeness (QED) is 0.601. The lowest BCUT2D eigenvalue weighted by Crippen LogP contribution is -2.26. The molecule has 6 nitrogen and oxygen atoms in total. The van der Waals surface area contributed by atoms with Gasteiger partial charge in [-0.25, -0.2) is 4.98 Å². The van der Waals surface area contributed by atoms with Crippen LogP contribution in [0.2, 0.25) is 5.15 Å². The van der Waals surface area contributed by atoms with Crippen LogP contribution in [0.3, 0.4) is 0 Å². The molecular formula is C20H22ClN3O3. The molecule has 3 aromatic heterocycles. The number of carboxylic acids is 1. The van der Waals surface area contributed by atoms with E-state index >= 15 is 0 Å². The van der Waals surface area contributed by atoms with Crippen LogP contribution in [0.15, 0.2) is 30.5 Å². The van der Waals surface area contributed by atoms with Crippen LogP contribution in [-0.4, -0.2) is 33.1 Å². The Kier molecular flexibility index (Phi) is 5.22. The molecule has 0 bridgehead atoms. The van der Waals surface area contributed by atoms with Gasteiger partial charge in [-0.1, -0.05) is 11.6 Å². The van der Waals surface area contributed by atoms with Gasteiger partial charge in [0.15, 0.2) is 0 Å². The first-order chi connectivity index (χ1) is 12.7. The molecule has 1 atom stereocenters. The molecule has 3 aromatic rings. The van der Waals surface area contributed by atoms with Crippen molar-refractivity contribution in [3.8, 4) is 11.3 Å². The zero-order valence-electron chi connectivity index (χ0n) is 15.7. The molecule has 3 heterocycles. The highest BCUT2D eigenvalue weighted by Gasteiger charge is 2.31. The van der Waals surface area contributed by atoms with Gasteiger partial charge in [-0.2, -0.15) is 0 Å². The monoisotopic (exact) mass is 387 g/mol. The van der Waals surface area contributed by atoms with E-state index in [0.717, 1.165) is 28.0 Å². The Morgan fingerprint density at radius 1 is 1.37 bits per heavy atom. The van der Waals surface area contributed by atoms with Crippen molar-refractivity contribution in [1.29, 1.82) is 0 Å². The SMILES string of the molecule is COC(C)c1ncccc1-c1[nH]c2ccc(Cl)nc2c1CC(C)(C)C(=O)O. The van der Waals surface area contributed by atoms with E-state index in [4.69, 9.17) is 16.3 Å². The lowest BCUT2D eigenvalue weighted by molar-refractivity contribution is -0.146. The molecule has 0 aromatic carbocycles. The number of hydrogen-bond acceptors (Lipinski definition) is 4. The fourth-order valence-electron chi connectivity index (χ4n) is 3.08. The Bertz CT molecular complexity index is 997. The molecule has 2 N–H and O–H groups in total. The Balaban J connectivity index is 2.28. The number of halogens is 1.